The van der Waals surface area contributed by atoms with Crippen LogP contribution in [0.1, 0.15) is 73.5 Å². The molecule has 2 amide bonds. The first-order chi connectivity index (χ1) is 18.8. The van der Waals surface area contributed by atoms with E-state index in [4.69, 9.17) is 18.9 Å². The molecule has 0 saturated heterocycles. The van der Waals surface area contributed by atoms with Gasteiger partial charge in [-0.15, -0.1) is 0 Å². The third kappa shape index (κ3) is 8.25. The first-order valence-electron chi connectivity index (χ1n) is 13.3. The number of nitrogens with one attached hydrogen (secondary N) is 2. The summed E-state index contributed by atoms with van der Waals surface area (Å²) in [5, 5.41) is 5.72. The van der Waals surface area contributed by atoms with Crippen molar-refractivity contribution in [3.8, 4) is 5.75 Å². The molecule has 10 heteroatoms. The zero-order valence-corrected chi connectivity index (χ0v) is 24.7. The largest absolute Gasteiger partial charge is 0.452 e. The molecule has 2 N–H and O–H groups in total. The van der Waals surface area contributed by atoms with Crippen LogP contribution in [0.2, 0.25) is 0 Å². The monoisotopic (exact) mass is 555 g/mol. The summed E-state index contributed by atoms with van der Waals surface area (Å²) in [7, 11) is 3.13. The second-order valence-electron chi connectivity index (χ2n) is 11.3. The molecule has 1 fully saturated rings. The van der Waals surface area contributed by atoms with Crippen LogP contribution >= 0.6 is 0 Å². The molecule has 2 atom stereocenters. The van der Waals surface area contributed by atoms with E-state index >= 15 is 0 Å². The highest BCUT2D eigenvalue weighted by Gasteiger charge is 2.44. The fourth-order valence-electron chi connectivity index (χ4n) is 4.85. The molecule has 10 nitrogen and oxygen atoms in total. The van der Waals surface area contributed by atoms with Gasteiger partial charge in [0.15, 0.2) is 5.78 Å². The van der Waals surface area contributed by atoms with Crippen LogP contribution < -0.4 is 15.4 Å². The van der Waals surface area contributed by atoms with E-state index in [1.807, 2.05) is 32.9 Å². The topological polar surface area (TPSA) is 125 Å². The SMILES string of the molecule is COCC(C)(COC)CC(=O)OC(C)(C)Oc1c(C(C)=O)ccc(C)c1C1CC1NC(=O)Nc1ccc(C)cn1. The molecule has 2 aromatic rings. The average molecular weight is 556 g/mol. The Hall–Kier alpha value is -3.50. The zero-order chi connectivity index (χ0) is 29.7. The summed E-state index contributed by atoms with van der Waals surface area (Å²) < 4.78 is 22.6. The number of pyridine rings is 1. The quantitative estimate of drug-likeness (QED) is 0.203. The van der Waals surface area contributed by atoms with Gasteiger partial charge < -0.3 is 24.3 Å². The standard InChI is InChI=1S/C30H41N3O7/c1-18-9-12-24(31-15-18)33-28(36)32-23-13-22(23)26-19(2)10-11-21(20(3)34)27(26)40-29(4,5)39-25(35)14-30(6,16-37-7)17-38-8/h9-12,15,22-23H,13-14,16-17H2,1-8H3,(H2,31,32,33,36). The minimum absolute atomic E-state index is 0.0568. The Morgan fingerprint density at radius 2 is 1.70 bits per heavy atom. The number of anilines is 1. The molecular weight excluding hydrogens is 514 g/mol. The number of hydrogen-bond acceptors (Lipinski definition) is 8. The normalized spacial score (nSPS) is 16.7. The Bertz CT molecular complexity index is 1220. The number of ketones is 1. The minimum atomic E-state index is -1.38. The number of methoxy groups -OCH3 is 2. The predicted octanol–water partition coefficient (Wildman–Crippen LogP) is 4.93. The first-order valence-corrected chi connectivity index (χ1v) is 13.3. The van der Waals surface area contributed by atoms with Gasteiger partial charge in [0, 0.05) is 57.2 Å². The third-order valence-corrected chi connectivity index (χ3v) is 6.69. The number of nitrogens with zero attached hydrogens (tertiary/aromatic N) is 1. The lowest BCUT2D eigenvalue weighted by molar-refractivity contribution is -0.190. The van der Waals surface area contributed by atoms with Crippen molar-refractivity contribution in [1.82, 2.24) is 10.3 Å². The summed E-state index contributed by atoms with van der Waals surface area (Å²) >= 11 is 0. The summed E-state index contributed by atoms with van der Waals surface area (Å²) in [6.07, 6.45) is 2.40. The van der Waals surface area contributed by atoms with Crippen molar-refractivity contribution in [3.05, 3.63) is 52.7 Å². The van der Waals surface area contributed by atoms with Crippen LogP contribution in [0.25, 0.3) is 0 Å². The zero-order valence-electron chi connectivity index (χ0n) is 24.7. The molecular formula is C30H41N3O7. The summed E-state index contributed by atoms with van der Waals surface area (Å²) in [4.78, 5) is 42.3. The van der Waals surface area contributed by atoms with Crippen LogP contribution in [0.4, 0.5) is 10.6 Å². The minimum Gasteiger partial charge on any atom is -0.452 e. The highest BCUT2D eigenvalue weighted by atomic mass is 16.7. The van der Waals surface area contributed by atoms with Crippen molar-refractivity contribution in [2.24, 2.45) is 5.41 Å². The molecule has 0 aliphatic heterocycles. The maximum Gasteiger partial charge on any atom is 0.320 e. The van der Waals surface area contributed by atoms with Gasteiger partial charge in [-0.05, 0) is 50.5 Å². The number of aryl methyl sites for hydroxylation is 2. The number of carbonyl (C=O) groups is 3. The number of Topliss-reactive ketones (excluding diaryl/α,β-unsaturated/α-hetero) is 1. The molecule has 1 aliphatic carbocycles. The van der Waals surface area contributed by atoms with Gasteiger partial charge in [-0.3, -0.25) is 14.9 Å². The Morgan fingerprint density at radius 1 is 1.02 bits per heavy atom. The van der Waals surface area contributed by atoms with Gasteiger partial charge in [0.25, 0.3) is 0 Å². The first kappa shape index (κ1) is 31.0. The van der Waals surface area contributed by atoms with Gasteiger partial charge in [0.1, 0.15) is 11.6 Å². The molecule has 1 aromatic carbocycles. The summed E-state index contributed by atoms with van der Waals surface area (Å²) in [6.45, 7) is 11.1. The third-order valence-electron chi connectivity index (χ3n) is 6.69. The maximum absolute atomic E-state index is 12.9. The van der Waals surface area contributed by atoms with Crippen molar-refractivity contribution in [2.75, 3.05) is 32.8 Å². The number of ether oxygens (including phenoxy) is 4. The van der Waals surface area contributed by atoms with Gasteiger partial charge in [-0.2, -0.15) is 0 Å². The molecule has 1 saturated carbocycles. The second-order valence-corrected chi connectivity index (χ2v) is 11.3. The van der Waals surface area contributed by atoms with Gasteiger partial charge in [-0.1, -0.05) is 19.1 Å². The highest BCUT2D eigenvalue weighted by Crippen LogP contribution is 2.48. The van der Waals surface area contributed by atoms with Crippen LogP contribution in [-0.2, 0) is 19.0 Å². The lowest BCUT2D eigenvalue weighted by Crippen LogP contribution is -2.39. The van der Waals surface area contributed by atoms with Crippen molar-refractivity contribution >= 4 is 23.6 Å². The average Bonchev–Trinajstić information content (AvgIpc) is 3.57. The van der Waals surface area contributed by atoms with Gasteiger partial charge >= 0.3 is 12.0 Å². The van der Waals surface area contributed by atoms with Crippen molar-refractivity contribution in [3.63, 3.8) is 0 Å². The molecule has 2 unspecified atom stereocenters. The van der Waals surface area contributed by atoms with Gasteiger partial charge in [0.2, 0.25) is 5.79 Å². The maximum atomic E-state index is 12.9. The summed E-state index contributed by atoms with van der Waals surface area (Å²) in [5.74, 6) is -1.31. The molecule has 0 spiro atoms. The Morgan fingerprint density at radius 3 is 2.27 bits per heavy atom. The smallest absolute Gasteiger partial charge is 0.320 e. The van der Waals surface area contributed by atoms with Crippen molar-refractivity contribution in [2.45, 2.75) is 72.1 Å². The number of carbonyl (C=O) groups excluding carboxylic acids is 3. The lowest BCUT2D eigenvalue weighted by atomic mass is 9.89. The Balaban J connectivity index is 1.77. The van der Waals surface area contributed by atoms with E-state index in [1.54, 1.807) is 46.4 Å². The highest BCUT2D eigenvalue weighted by molar-refractivity contribution is 5.97. The van der Waals surface area contributed by atoms with E-state index in [-0.39, 0.29) is 30.2 Å². The van der Waals surface area contributed by atoms with E-state index in [1.165, 1.54) is 6.92 Å². The van der Waals surface area contributed by atoms with Crippen LogP contribution in [0.5, 0.6) is 5.75 Å². The number of benzene rings is 1. The van der Waals surface area contributed by atoms with E-state index < -0.39 is 17.2 Å². The Kier molecular flexibility index (Phi) is 9.92. The van der Waals surface area contributed by atoms with E-state index in [9.17, 15) is 14.4 Å². The van der Waals surface area contributed by atoms with E-state index in [0.29, 0.717) is 36.8 Å². The number of esters is 1. The Labute approximate surface area is 236 Å². The number of aromatic nitrogens is 1. The fraction of sp³-hybridized carbons (Fsp3) is 0.533. The second kappa shape index (κ2) is 12.8. The van der Waals surface area contributed by atoms with Gasteiger partial charge in [-0.25, -0.2) is 9.78 Å². The molecule has 218 valence electrons. The van der Waals surface area contributed by atoms with Crippen LogP contribution in [0.15, 0.2) is 30.5 Å². The fourth-order valence-corrected chi connectivity index (χ4v) is 4.85. The molecule has 0 bridgehead atoms. The molecule has 40 heavy (non-hydrogen) atoms. The number of urea groups is 1. The number of rotatable bonds is 13. The molecule has 1 aliphatic rings. The van der Waals surface area contributed by atoms with Crippen LogP contribution in [-0.4, -0.2) is 62.0 Å². The van der Waals surface area contributed by atoms with E-state index in [2.05, 4.69) is 15.6 Å². The number of amides is 2. The molecule has 1 heterocycles. The van der Waals surface area contributed by atoms with Crippen LogP contribution in [0.3, 0.4) is 0 Å². The predicted molar refractivity (Wildman–Crippen MR) is 151 cm³/mol. The number of hydrogen-bond donors (Lipinski definition) is 2. The van der Waals surface area contributed by atoms with Gasteiger partial charge in [0.05, 0.1) is 25.2 Å². The summed E-state index contributed by atoms with van der Waals surface area (Å²) in [6, 6.07) is 6.66. The lowest BCUT2D eigenvalue weighted by Gasteiger charge is -2.32. The summed E-state index contributed by atoms with van der Waals surface area (Å²) in [5.41, 5.74) is 2.52. The molecule has 0 radical (unpaired) electrons. The van der Waals surface area contributed by atoms with Crippen LogP contribution in [0, 0.1) is 19.3 Å². The molecule has 1 aromatic heterocycles. The van der Waals surface area contributed by atoms with E-state index in [0.717, 1.165) is 16.7 Å². The van der Waals surface area contributed by atoms with Crippen molar-refractivity contribution < 1.29 is 33.3 Å². The van der Waals surface area contributed by atoms with Crippen molar-refractivity contribution in [1.29, 1.82) is 0 Å². The molecule has 3 rings (SSSR count).